The number of H-pyrrole nitrogens is 1. The number of phosphoric ester groups is 2. The van der Waals surface area contributed by atoms with Gasteiger partial charge in [0, 0.05) is 6.42 Å². The number of nitrogen functional groups attached to an aromatic ring is 2. The number of phosphoric acid groups is 2. The second kappa shape index (κ2) is 10.9. The first-order chi connectivity index (χ1) is 21.0. The maximum atomic E-state index is 13.0. The predicted molar refractivity (Wildman–Crippen MR) is 142 cm³/mol. The summed E-state index contributed by atoms with van der Waals surface area (Å²) in [5, 5.41) is 0. The summed E-state index contributed by atoms with van der Waals surface area (Å²) in [6.07, 6.45) is -3.41. The summed E-state index contributed by atoms with van der Waals surface area (Å²) >= 11 is 0. The summed E-state index contributed by atoms with van der Waals surface area (Å²) in [4.78, 5) is 56.5. The summed E-state index contributed by atoms with van der Waals surface area (Å²) in [6.45, 7) is -1.88. The molecule has 0 amide bonds. The fourth-order valence-electron chi connectivity index (χ4n) is 5.10. The molecule has 3 saturated heterocycles. The number of ether oxygens (including phenoxy) is 3. The molecule has 7 N–H and O–H groups in total. The first-order valence-corrected chi connectivity index (χ1v) is 15.8. The molecule has 0 radical (unpaired) electrons. The monoisotopic (exact) mass is 658 g/mol. The Bertz CT molecular complexity index is 1880. The third-order valence-electron chi connectivity index (χ3n) is 7.05. The van der Waals surface area contributed by atoms with Gasteiger partial charge in [-0.15, -0.1) is 0 Å². The normalized spacial score (nSPS) is 35.1. The Morgan fingerprint density at radius 2 is 1.55 bits per heavy atom. The molecule has 4 aromatic heterocycles. The lowest BCUT2D eigenvalue weighted by atomic mass is 10.2. The van der Waals surface area contributed by atoms with Gasteiger partial charge in [-0.1, -0.05) is 0 Å². The van der Waals surface area contributed by atoms with Gasteiger partial charge in [-0.2, -0.15) is 0 Å². The number of rotatable bonds is 2. The molecule has 4 aromatic rings. The van der Waals surface area contributed by atoms with E-state index in [2.05, 4.69) is 29.9 Å². The van der Waals surface area contributed by atoms with Crippen molar-refractivity contribution < 1.29 is 51.2 Å². The Morgan fingerprint density at radius 1 is 0.841 bits per heavy atom. The van der Waals surface area contributed by atoms with Crippen molar-refractivity contribution in [1.82, 2.24) is 39.0 Å². The van der Waals surface area contributed by atoms with Crippen LogP contribution in [0.25, 0.3) is 22.3 Å². The molecule has 3 fully saturated rings. The van der Waals surface area contributed by atoms with Crippen LogP contribution in [0.5, 0.6) is 0 Å². The Balaban J connectivity index is 1.15. The standard InChI is InChI=1S/C20H24N10O12P2/c21-15-13-17(25-5-23-15)29(7-27-13)11-1-8-9(39-11)2-36-43(32,33)37-3-10-19(41-12(40-10)4-38-44(34,35)42-8)30-18-14(28-20(30)31)16(22)24-6-26-18/h5-12,19H,1-4H2,(H,28,31)(H,32,33)(H,34,35)(H2,21,23,25)(H2,22,24,26)/t8?,9-,10?,11-,12-,19-/m1/s1. The summed E-state index contributed by atoms with van der Waals surface area (Å²) in [5.74, 6) is 0.112. The number of nitrogens with zero attached hydrogens (tertiary/aromatic N) is 7. The maximum absolute atomic E-state index is 13.0. The Morgan fingerprint density at radius 3 is 2.34 bits per heavy atom. The summed E-state index contributed by atoms with van der Waals surface area (Å²) in [6, 6.07) is 0. The van der Waals surface area contributed by atoms with Crippen LogP contribution in [0.3, 0.4) is 0 Å². The highest BCUT2D eigenvalue weighted by Crippen LogP contribution is 2.51. The molecule has 44 heavy (non-hydrogen) atoms. The molecule has 22 nitrogen and oxygen atoms in total. The Labute approximate surface area is 244 Å². The van der Waals surface area contributed by atoms with Gasteiger partial charge in [-0.3, -0.25) is 22.7 Å². The van der Waals surface area contributed by atoms with Crippen LogP contribution in [0.2, 0.25) is 0 Å². The Hall–Kier alpha value is -3.40. The van der Waals surface area contributed by atoms with Crippen LogP contribution in [0.1, 0.15) is 18.9 Å². The molecule has 0 aromatic carbocycles. The predicted octanol–water partition coefficient (Wildman–Crippen LogP) is -0.699. The quantitative estimate of drug-likeness (QED) is 0.166. The van der Waals surface area contributed by atoms with E-state index in [0.29, 0.717) is 11.2 Å². The van der Waals surface area contributed by atoms with Gasteiger partial charge in [0.05, 0.1) is 19.5 Å². The zero-order valence-electron chi connectivity index (χ0n) is 22.2. The van der Waals surface area contributed by atoms with Crippen LogP contribution in [0.15, 0.2) is 23.8 Å². The highest BCUT2D eigenvalue weighted by Gasteiger charge is 2.46. The number of fused-ring (bicyclic) bond motifs is 5. The van der Waals surface area contributed by atoms with E-state index in [1.165, 1.54) is 17.2 Å². The number of aromatic nitrogens is 8. The Kier molecular flexibility index (Phi) is 7.26. The molecular formula is C20H24N10O12P2. The van der Waals surface area contributed by atoms with Crippen molar-refractivity contribution in [3.05, 3.63) is 29.5 Å². The van der Waals surface area contributed by atoms with Crippen molar-refractivity contribution >= 4 is 49.6 Å². The van der Waals surface area contributed by atoms with Crippen LogP contribution in [-0.2, 0) is 41.4 Å². The smallest absolute Gasteiger partial charge is 0.382 e. The van der Waals surface area contributed by atoms with Gasteiger partial charge in [0.2, 0.25) is 0 Å². The number of nitrogens with two attached hydrogens (primary N) is 2. The van der Waals surface area contributed by atoms with Gasteiger partial charge in [0.1, 0.15) is 54.8 Å². The van der Waals surface area contributed by atoms with Crippen molar-refractivity contribution in [1.29, 1.82) is 0 Å². The molecule has 24 heteroatoms. The van der Waals surface area contributed by atoms with Gasteiger partial charge in [0.15, 0.2) is 35.4 Å². The lowest BCUT2D eigenvalue weighted by Gasteiger charge is -2.23. The van der Waals surface area contributed by atoms with Crippen molar-refractivity contribution in [2.75, 3.05) is 31.3 Å². The molecule has 8 atom stereocenters. The van der Waals surface area contributed by atoms with Crippen molar-refractivity contribution in [2.24, 2.45) is 0 Å². The maximum Gasteiger partial charge on any atom is 0.472 e. The minimum Gasteiger partial charge on any atom is -0.382 e. The highest BCUT2D eigenvalue weighted by atomic mass is 31.2. The summed E-state index contributed by atoms with van der Waals surface area (Å²) in [5.41, 5.74) is 11.7. The first kappa shape index (κ1) is 29.3. The fourth-order valence-corrected chi connectivity index (χ4v) is 6.78. The average Bonchev–Trinajstić information content (AvgIpc) is 3.74. The number of nitrogens with one attached hydrogen (secondary N) is 1. The van der Waals surface area contributed by atoms with Gasteiger partial charge in [-0.05, 0) is 0 Å². The molecule has 7 heterocycles. The van der Waals surface area contributed by atoms with E-state index in [9.17, 15) is 23.7 Å². The van der Waals surface area contributed by atoms with E-state index >= 15 is 0 Å². The van der Waals surface area contributed by atoms with E-state index in [0.717, 1.165) is 10.9 Å². The minimum absolute atomic E-state index is 0.0175. The zero-order valence-corrected chi connectivity index (χ0v) is 24.0. The minimum atomic E-state index is -4.83. The summed E-state index contributed by atoms with van der Waals surface area (Å²) in [7, 11) is -9.64. The third-order valence-corrected chi connectivity index (χ3v) is 9.01. The molecule has 0 aliphatic carbocycles. The van der Waals surface area contributed by atoms with Crippen LogP contribution in [0, 0.1) is 0 Å². The molecule has 0 spiro atoms. The van der Waals surface area contributed by atoms with Gasteiger partial charge < -0.3 is 40.4 Å². The highest BCUT2D eigenvalue weighted by molar-refractivity contribution is 7.47. The van der Waals surface area contributed by atoms with Crippen molar-refractivity contribution in [3.63, 3.8) is 0 Å². The van der Waals surface area contributed by atoms with Crippen LogP contribution >= 0.6 is 15.6 Å². The molecule has 3 aliphatic rings. The van der Waals surface area contributed by atoms with E-state index in [-0.39, 0.29) is 29.2 Å². The van der Waals surface area contributed by atoms with Crippen LogP contribution in [-0.4, -0.2) is 93.2 Å². The average molecular weight is 658 g/mol. The second-order valence-corrected chi connectivity index (χ2v) is 12.7. The summed E-state index contributed by atoms with van der Waals surface area (Å²) < 4.78 is 66.9. The van der Waals surface area contributed by atoms with Crippen molar-refractivity contribution in [3.8, 4) is 0 Å². The number of anilines is 2. The molecule has 236 valence electrons. The molecule has 7 rings (SSSR count). The SMILES string of the molecule is Nc1ncnc2c1ncn2[C@H]1CC2OP(=O)(O)OC[C@@H]3OC(COP(=O)(O)OC[C@H]2O1)[C@H](n1c(=O)[nH]c2c(N)ncnc21)O3. The fraction of sp³-hybridized carbons (Fsp3) is 0.500. The lowest BCUT2D eigenvalue weighted by molar-refractivity contribution is -0.107. The second-order valence-electron chi connectivity index (χ2n) is 9.80. The number of aromatic amines is 1. The van der Waals surface area contributed by atoms with Crippen LogP contribution in [0.4, 0.5) is 11.6 Å². The van der Waals surface area contributed by atoms with Gasteiger partial charge in [-0.25, -0.2) is 43.4 Å². The molecule has 4 unspecified atom stereocenters. The van der Waals surface area contributed by atoms with Crippen molar-refractivity contribution in [2.45, 2.75) is 43.5 Å². The van der Waals surface area contributed by atoms with E-state index in [1.807, 2.05) is 0 Å². The molecular weight excluding hydrogens is 634 g/mol. The van der Waals surface area contributed by atoms with Gasteiger partial charge in [0.25, 0.3) is 0 Å². The van der Waals surface area contributed by atoms with E-state index < -0.39 is 78.2 Å². The molecule has 2 bridgehead atoms. The topological polar surface area (TPSA) is 298 Å². The lowest BCUT2D eigenvalue weighted by Crippen LogP contribution is -2.32. The molecule has 3 aliphatic heterocycles. The van der Waals surface area contributed by atoms with E-state index in [4.69, 9.17) is 43.8 Å². The largest absolute Gasteiger partial charge is 0.472 e. The zero-order chi connectivity index (χ0) is 30.8. The number of hydrogen-bond acceptors (Lipinski definition) is 17. The third kappa shape index (κ3) is 5.39. The van der Waals surface area contributed by atoms with E-state index in [1.54, 1.807) is 0 Å². The number of hydrogen-bond donors (Lipinski definition) is 5. The number of imidazole rings is 2. The van der Waals surface area contributed by atoms with Crippen LogP contribution < -0.4 is 17.2 Å². The first-order valence-electron chi connectivity index (χ1n) is 12.9. The van der Waals surface area contributed by atoms with Gasteiger partial charge >= 0.3 is 21.3 Å². The molecule has 0 saturated carbocycles.